The van der Waals surface area contributed by atoms with E-state index in [0.29, 0.717) is 5.56 Å². The van der Waals surface area contributed by atoms with Crippen LogP contribution in [0.3, 0.4) is 0 Å². The van der Waals surface area contributed by atoms with Gasteiger partial charge in [0.1, 0.15) is 5.82 Å². The molecule has 28 heavy (non-hydrogen) atoms. The molecule has 0 aliphatic rings. The molecule has 0 bridgehead atoms. The summed E-state index contributed by atoms with van der Waals surface area (Å²) < 4.78 is 39.8. The molecule has 0 saturated carbocycles. The van der Waals surface area contributed by atoms with Crippen LogP contribution >= 0.6 is 0 Å². The first-order valence-corrected chi connectivity index (χ1v) is 8.17. The Morgan fingerprint density at radius 3 is 2.25 bits per heavy atom. The number of halogens is 3. The summed E-state index contributed by atoms with van der Waals surface area (Å²) in [5, 5.41) is 4.93. The topological polar surface area (TPSA) is 71.1 Å². The fourth-order valence-corrected chi connectivity index (χ4v) is 2.38. The van der Waals surface area contributed by atoms with Crippen LogP contribution in [-0.2, 0) is 6.54 Å². The molecule has 0 spiro atoms. The van der Waals surface area contributed by atoms with Crippen molar-refractivity contribution >= 4 is 17.5 Å². The van der Waals surface area contributed by atoms with E-state index in [2.05, 4.69) is 15.6 Å². The molecule has 0 unspecified atom stereocenters. The third kappa shape index (κ3) is 4.53. The van der Waals surface area contributed by atoms with Crippen LogP contribution in [0.15, 0.2) is 60.9 Å². The van der Waals surface area contributed by atoms with Gasteiger partial charge in [-0.1, -0.05) is 18.2 Å². The van der Waals surface area contributed by atoms with E-state index in [-0.39, 0.29) is 23.4 Å². The third-order valence-electron chi connectivity index (χ3n) is 3.84. The largest absolute Gasteiger partial charge is 0.348 e. The summed E-state index contributed by atoms with van der Waals surface area (Å²) in [4.78, 5) is 28.4. The molecule has 5 nitrogen and oxygen atoms in total. The molecule has 0 atom stereocenters. The second kappa shape index (κ2) is 8.34. The average molecular weight is 385 g/mol. The Labute approximate surface area is 158 Å². The van der Waals surface area contributed by atoms with Crippen molar-refractivity contribution in [2.24, 2.45) is 0 Å². The zero-order valence-electron chi connectivity index (χ0n) is 14.4. The monoisotopic (exact) mass is 385 g/mol. The first kappa shape index (κ1) is 19.1. The fourth-order valence-electron chi connectivity index (χ4n) is 2.38. The van der Waals surface area contributed by atoms with Crippen molar-refractivity contribution < 1.29 is 22.8 Å². The maximum absolute atomic E-state index is 13.6. The van der Waals surface area contributed by atoms with Gasteiger partial charge in [0.05, 0.1) is 11.1 Å². The van der Waals surface area contributed by atoms with Gasteiger partial charge in [-0.2, -0.15) is 0 Å². The number of amides is 2. The van der Waals surface area contributed by atoms with Crippen LogP contribution in [0, 0.1) is 17.5 Å². The van der Waals surface area contributed by atoms with Gasteiger partial charge in [0, 0.05) is 36.3 Å². The van der Waals surface area contributed by atoms with Crippen LogP contribution in [0.2, 0.25) is 0 Å². The van der Waals surface area contributed by atoms with Crippen LogP contribution in [0.5, 0.6) is 0 Å². The molecule has 0 radical (unpaired) electrons. The number of nitrogens with one attached hydrogen (secondary N) is 2. The Hall–Kier alpha value is -3.68. The minimum absolute atomic E-state index is 0.0310. The van der Waals surface area contributed by atoms with Crippen molar-refractivity contribution in [2.45, 2.75) is 6.54 Å². The molecule has 0 aliphatic heterocycles. The van der Waals surface area contributed by atoms with Crippen LogP contribution in [0.1, 0.15) is 26.3 Å². The fraction of sp³-hybridized carbons (Fsp3) is 0.0500. The van der Waals surface area contributed by atoms with Gasteiger partial charge in [-0.05, 0) is 24.3 Å². The molecule has 0 aliphatic carbocycles. The number of aromatic nitrogens is 1. The van der Waals surface area contributed by atoms with Gasteiger partial charge < -0.3 is 10.6 Å². The lowest BCUT2D eigenvalue weighted by Crippen LogP contribution is -2.24. The predicted molar refractivity (Wildman–Crippen MR) is 96.1 cm³/mol. The normalized spacial score (nSPS) is 10.4. The summed E-state index contributed by atoms with van der Waals surface area (Å²) in [5.74, 6) is -3.77. The highest BCUT2D eigenvalue weighted by Gasteiger charge is 2.13. The number of pyridine rings is 1. The molecule has 0 saturated heterocycles. The molecule has 2 N–H and O–H groups in total. The lowest BCUT2D eigenvalue weighted by Gasteiger charge is -2.08. The second-order valence-electron chi connectivity index (χ2n) is 5.82. The minimum Gasteiger partial charge on any atom is -0.348 e. The molecule has 2 amide bonds. The molecular weight excluding hydrogens is 371 g/mol. The molecule has 3 aromatic rings. The summed E-state index contributed by atoms with van der Waals surface area (Å²) >= 11 is 0. The standard InChI is InChI=1S/C20H14F3N3O2/c21-16-4-2-1-3-12(16)11-25-19(27)13-7-14(10-24-9-13)20(28)26-15-5-6-17(22)18(23)8-15/h1-10H,11H2,(H,25,27)(H,26,28). The first-order valence-electron chi connectivity index (χ1n) is 8.17. The smallest absolute Gasteiger partial charge is 0.257 e. The van der Waals surface area contributed by atoms with E-state index in [4.69, 9.17) is 0 Å². The van der Waals surface area contributed by atoms with Gasteiger partial charge in [-0.25, -0.2) is 13.2 Å². The number of nitrogens with zero attached hydrogens (tertiary/aromatic N) is 1. The van der Waals surface area contributed by atoms with E-state index < -0.39 is 29.3 Å². The molecule has 1 aromatic heterocycles. The number of hydrogen-bond acceptors (Lipinski definition) is 3. The van der Waals surface area contributed by atoms with E-state index in [1.165, 1.54) is 30.6 Å². The van der Waals surface area contributed by atoms with Crippen molar-refractivity contribution in [3.63, 3.8) is 0 Å². The Kier molecular flexibility index (Phi) is 5.69. The van der Waals surface area contributed by atoms with Crippen LogP contribution < -0.4 is 10.6 Å². The number of rotatable bonds is 5. The molecule has 142 valence electrons. The molecule has 3 rings (SSSR count). The van der Waals surface area contributed by atoms with E-state index in [9.17, 15) is 22.8 Å². The summed E-state index contributed by atoms with van der Waals surface area (Å²) in [6.45, 7) is -0.0310. The average Bonchev–Trinajstić information content (AvgIpc) is 2.70. The Balaban J connectivity index is 1.68. The minimum atomic E-state index is -1.10. The van der Waals surface area contributed by atoms with Crippen LogP contribution in [-0.4, -0.2) is 16.8 Å². The summed E-state index contributed by atoms with van der Waals surface area (Å²) in [5.41, 5.74) is 0.506. The Morgan fingerprint density at radius 2 is 1.54 bits per heavy atom. The highest BCUT2D eigenvalue weighted by Crippen LogP contribution is 2.15. The van der Waals surface area contributed by atoms with Gasteiger partial charge in [0.25, 0.3) is 11.8 Å². The van der Waals surface area contributed by atoms with E-state index in [1.54, 1.807) is 18.2 Å². The number of carbonyl (C=O) groups is 2. The number of hydrogen-bond donors (Lipinski definition) is 2. The van der Waals surface area contributed by atoms with Crippen molar-refractivity contribution in [2.75, 3.05) is 5.32 Å². The number of carbonyl (C=O) groups excluding carboxylic acids is 2. The van der Waals surface area contributed by atoms with Gasteiger partial charge in [0.2, 0.25) is 0 Å². The summed E-state index contributed by atoms with van der Waals surface area (Å²) in [6.07, 6.45) is 2.48. The SMILES string of the molecule is O=C(NCc1ccccc1F)c1cncc(C(=O)Nc2ccc(F)c(F)c2)c1. The maximum atomic E-state index is 13.6. The summed E-state index contributed by atoms with van der Waals surface area (Å²) in [7, 11) is 0. The van der Waals surface area contributed by atoms with E-state index in [0.717, 1.165) is 12.1 Å². The third-order valence-corrected chi connectivity index (χ3v) is 3.84. The molecular formula is C20H14F3N3O2. The van der Waals surface area contributed by atoms with Gasteiger partial charge >= 0.3 is 0 Å². The van der Waals surface area contributed by atoms with Gasteiger partial charge in [-0.3, -0.25) is 14.6 Å². The first-order chi connectivity index (χ1) is 13.4. The predicted octanol–water partition coefficient (Wildman–Crippen LogP) is 3.68. The zero-order chi connectivity index (χ0) is 20.1. The lowest BCUT2D eigenvalue weighted by molar-refractivity contribution is 0.0950. The summed E-state index contributed by atoms with van der Waals surface area (Å²) in [6, 6.07) is 10.2. The molecule has 8 heteroatoms. The molecule has 0 fully saturated rings. The molecule has 2 aromatic carbocycles. The van der Waals surface area contributed by atoms with E-state index >= 15 is 0 Å². The van der Waals surface area contributed by atoms with Crippen molar-refractivity contribution in [1.82, 2.24) is 10.3 Å². The van der Waals surface area contributed by atoms with Gasteiger partial charge in [0.15, 0.2) is 11.6 Å². The van der Waals surface area contributed by atoms with E-state index in [1.807, 2.05) is 0 Å². The Bertz CT molecular complexity index is 1040. The maximum Gasteiger partial charge on any atom is 0.257 e. The lowest BCUT2D eigenvalue weighted by atomic mass is 10.1. The highest BCUT2D eigenvalue weighted by molar-refractivity contribution is 6.05. The quantitative estimate of drug-likeness (QED) is 0.704. The van der Waals surface area contributed by atoms with Crippen LogP contribution in [0.4, 0.5) is 18.9 Å². The van der Waals surface area contributed by atoms with Crippen molar-refractivity contribution in [3.8, 4) is 0 Å². The second-order valence-corrected chi connectivity index (χ2v) is 5.82. The van der Waals surface area contributed by atoms with Crippen LogP contribution in [0.25, 0.3) is 0 Å². The molecule has 1 heterocycles. The number of benzene rings is 2. The highest BCUT2D eigenvalue weighted by atomic mass is 19.2. The number of anilines is 1. The Morgan fingerprint density at radius 1 is 0.821 bits per heavy atom. The van der Waals surface area contributed by atoms with Crippen molar-refractivity contribution in [1.29, 1.82) is 0 Å². The zero-order valence-corrected chi connectivity index (χ0v) is 14.4. The van der Waals surface area contributed by atoms with Crippen molar-refractivity contribution in [3.05, 3.63) is 95.1 Å². The van der Waals surface area contributed by atoms with Gasteiger partial charge in [-0.15, -0.1) is 0 Å².